The molecule has 3 heterocycles. The summed E-state index contributed by atoms with van der Waals surface area (Å²) in [5, 5.41) is 4.38. The minimum absolute atomic E-state index is 0.537. The van der Waals surface area contributed by atoms with Crippen LogP contribution in [-0.4, -0.2) is 15.0 Å². The van der Waals surface area contributed by atoms with Crippen LogP contribution >= 0.6 is 0 Å². The monoisotopic (exact) mass is 753 g/mol. The molecule has 0 fully saturated rings. The third-order valence-electron chi connectivity index (χ3n) is 11.0. The molecule has 0 bridgehead atoms. The summed E-state index contributed by atoms with van der Waals surface area (Å²) in [6, 6.07) is 73.8. The molecule has 0 saturated heterocycles. The maximum atomic E-state index is 6.88. The Morgan fingerprint density at radius 3 is 1.08 bits per heavy atom. The van der Waals surface area contributed by atoms with Gasteiger partial charge in [-0.2, -0.15) is 0 Å². The summed E-state index contributed by atoms with van der Waals surface area (Å²) >= 11 is 0. The Balaban J connectivity index is 1.19. The molecule has 276 valence electrons. The topological polar surface area (TPSA) is 51.8 Å². The van der Waals surface area contributed by atoms with Crippen LogP contribution in [0.1, 0.15) is 0 Å². The normalized spacial score (nSPS) is 11.4. The number of pyridine rings is 2. The highest BCUT2D eigenvalue weighted by Crippen LogP contribution is 2.41. The lowest BCUT2D eigenvalue weighted by molar-refractivity contribution is 0.623. The molecule has 0 amide bonds. The Morgan fingerprint density at radius 1 is 0.254 bits per heavy atom. The number of nitrogens with zero attached hydrogens (tertiary/aromatic N) is 3. The molecule has 0 aliphatic heterocycles. The van der Waals surface area contributed by atoms with Gasteiger partial charge in [-0.05, 0) is 75.5 Å². The highest BCUT2D eigenvalue weighted by atomic mass is 16.3. The molecular weight excluding hydrogens is 719 g/mol. The molecule has 0 aliphatic carbocycles. The third kappa shape index (κ3) is 6.43. The number of oxazole rings is 1. The molecule has 0 spiro atoms. The molecule has 11 aromatic rings. The fraction of sp³-hybridized carbons (Fsp3) is 0. The van der Waals surface area contributed by atoms with Gasteiger partial charge in [0.2, 0.25) is 5.89 Å². The van der Waals surface area contributed by atoms with Crippen molar-refractivity contribution in [2.24, 2.45) is 0 Å². The lowest BCUT2D eigenvalue weighted by Crippen LogP contribution is -1.95. The summed E-state index contributed by atoms with van der Waals surface area (Å²) < 4.78 is 6.88. The second-order valence-electron chi connectivity index (χ2n) is 14.8. The molecule has 59 heavy (non-hydrogen) atoms. The van der Waals surface area contributed by atoms with E-state index in [2.05, 4.69) is 188 Å². The molecule has 8 aromatic carbocycles. The predicted octanol–water partition coefficient (Wildman–Crippen LogP) is 14.6. The highest BCUT2D eigenvalue weighted by Gasteiger charge is 2.20. The predicted molar refractivity (Wildman–Crippen MR) is 243 cm³/mol. The molecule has 0 unspecified atom stereocenters. The Hall–Kier alpha value is -7.95. The fourth-order valence-electron chi connectivity index (χ4n) is 8.16. The van der Waals surface area contributed by atoms with E-state index in [4.69, 9.17) is 19.4 Å². The van der Waals surface area contributed by atoms with Crippen molar-refractivity contribution in [3.63, 3.8) is 0 Å². The highest BCUT2D eigenvalue weighted by molar-refractivity contribution is 6.22. The summed E-state index contributed by atoms with van der Waals surface area (Å²) in [7, 11) is 0. The van der Waals surface area contributed by atoms with Gasteiger partial charge in [-0.25, -0.2) is 15.0 Å². The molecule has 3 aromatic heterocycles. The lowest BCUT2D eigenvalue weighted by Gasteiger charge is -2.14. The Bertz CT molecular complexity index is 2970. The number of hydrogen-bond donors (Lipinski definition) is 0. The summed E-state index contributed by atoms with van der Waals surface area (Å²) in [5.41, 5.74) is 14.3. The summed E-state index contributed by atoms with van der Waals surface area (Å²) in [6.45, 7) is 0. The number of fused-ring (bicyclic) bond motifs is 6. The molecule has 4 nitrogen and oxygen atoms in total. The fourth-order valence-corrected chi connectivity index (χ4v) is 8.16. The molecular formula is C55H35N3O. The summed E-state index contributed by atoms with van der Waals surface area (Å²) in [5.74, 6) is 0.537. The average molecular weight is 754 g/mol. The molecule has 0 atom stereocenters. The lowest BCUT2D eigenvalue weighted by atomic mass is 9.95. The van der Waals surface area contributed by atoms with Crippen LogP contribution in [0.3, 0.4) is 0 Å². The van der Waals surface area contributed by atoms with Crippen molar-refractivity contribution >= 4 is 32.6 Å². The van der Waals surface area contributed by atoms with Crippen LogP contribution in [0, 0.1) is 0 Å². The second-order valence-corrected chi connectivity index (χ2v) is 14.8. The number of hydrogen-bond acceptors (Lipinski definition) is 4. The maximum absolute atomic E-state index is 6.88. The Morgan fingerprint density at radius 2 is 0.610 bits per heavy atom. The van der Waals surface area contributed by atoms with Crippen LogP contribution in [-0.2, 0) is 0 Å². The van der Waals surface area contributed by atoms with E-state index < -0.39 is 0 Å². The van der Waals surface area contributed by atoms with Gasteiger partial charge in [0.25, 0.3) is 0 Å². The second kappa shape index (κ2) is 14.5. The number of benzene rings is 8. The number of aromatic nitrogens is 3. The Labute approximate surface area is 341 Å². The molecule has 11 rings (SSSR count). The van der Waals surface area contributed by atoms with Gasteiger partial charge < -0.3 is 4.42 Å². The first-order chi connectivity index (χ1) is 29.2. The zero-order chi connectivity index (χ0) is 39.1. The van der Waals surface area contributed by atoms with E-state index >= 15 is 0 Å². The summed E-state index contributed by atoms with van der Waals surface area (Å²) in [4.78, 5) is 16.0. The van der Waals surface area contributed by atoms with Gasteiger partial charge in [-0.1, -0.05) is 170 Å². The van der Waals surface area contributed by atoms with E-state index in [0.29, 0.717) is 5.89 Å². The minimum atomic E-state index is 0.537. The van der Waals surface area contributed by atoms with E-state index in [-0.39, 0.29) is 0 Å². The van der Waals surface area contributed by atoms with Gasteiger partial charge in [0.1, 0.15) is 5.52 Å². The van der Waals surface area contributed by atoms with Crippen molar-refractivity contribution in [2.45, 2.75) is 0 Å². The SMILES string of the molecule is c1ccc(-c2cc(-c3ccccc3)nc(-c3cc(-c4cc(-c5ccccc5)cc(-c5ccccc5)n4)cc(-c4nc5c6ccccc6c6ccccc6c5o4)c3)c2)cc1. The average Bonchev–Trinajstić information content (AvgIpc) is 3.79. The van der Waals surface area contributed by atoms with Crippen molar-refractivity contribution in [1.29, 1.82) is 0 Å². The van der Waals surface area contributed by atoms with Crippen LogP contribution in [0.4, 0.5) is 0 Å². The van der Waals surface area contributed by atoms with Crippen LogP contribution in [0.2, 0.25) is 0 Å². The van der Waals surface area contributed by atoms with E-state index in [0.717, 1.165) is 105 Å². The molecule has 4 heteroatoms. The van der Waals surface area contributed by atoms with Gasteiger partial charge in [-0.15, -0.1) is 0 Å². The van der Waals surface area contributed by atoms with Crippen LogP contribution in [0.15, 0.2) is 217 Å². The van der Waals surface area contributed by atoms with E-state index in [9.17, 15) is 0 Å². The molecule has 0 aliphatic rings. The largest absolute Gasteiger partial charge is 0.435 e. The van der Waals surface area contributed by atoms with Crippen molar-refractivity contribution < 1.29 is 4.42 Å². The minimum Gasteiger partial charge on any atom is -0.435 e. The zero-order valence-corrected chi connectivity index (χ0v) is 32.0. The van der Waals surface area contributed by atoms with Gasteiger partial charge in [0.15, 0.2) is 5.58 Å². The van der Waals surface area contributed by atoms with Gasteiger partial charge in [0, 0.05) is 38.6 Å². The van der Waals surface area contributed by atoms with E-state index in [1.54, 1.807) is 0 Å². The Kier molecular flexibility index (Phi) is 8.45. The number of rotatable bonds is 7. The molecule has 0 N–H and O–H groups in total. The smallest absolute Gasteiger partial charge is 0.227 e. The van der Waals surface area contributed by atoms with Gasteiger partial charge >= 0.3 is 0 Å². The van der Waals surface area contributed by atoms with E-state index in [1.165, 1.54) is 0 Å². The van der Waals surface area contributed by atoms with Crippen molar-refractivity contribution in [3.05, 3.63) is 212 Å². The van der Waals surface area contributed by atoms with Crippen LogP contribution in [0.5, 0.6) is 0 Å². The molecule has 0 radical (unpaired) electrons. The first kappa shape index (κ1) is 34.3. The summed E-state index contributed by atoms with van der Waals surface area (Å²) in [6.07, 6.45) is 0. The van der Waals surface area contributed by atoms with Crippen LogP contribution < -0.4 is 0 Å². The van der Waals surface area contributed by atoms with Crippen molar-refractivity contribution in [3.8, 4) is 78.7 Å². The van der Waals surface area contributed by atoms with E-state index in [1.807, 2.05) is 24.3 Å². The standard InChI is InChI=1S/C55H35N3O/c1-5-17-36(18-6-1)40-32-49(38-21-9-3-10-22-38)56-51(34-40)42-29-43(52-35-41(37-19-7-2-8-20-37)33-50(57-52)39-23-11-4-12-24-39)31-44(30-42)55-58-53-47-27-15-13-25-45(47)46-26-14-16-28-48(46)54(53)59-55/h1-35H. The van der Waals surface area contributed by atoms with Gasteiger partial charge in [-0.3, -0.25) is 0 Å². The first-order valence-electron chi connectivity index (χ1n) is 19.8. The first-order valence-corrected chi connectivity index (χ1v) is 19.8. The maximum Gasteiger partial charge on any atom is 0.227 e. The van der Waals surface area contributed by atoms with Crippen molar-refractivity contribution in [2.75, 3.05) is 0 Å². The van der Waals surface area contributed by atoms with Gasteiger partial charge in [0.05, 0.1) is 22.8 Å². The van der Waals surface area contributed by atoms with Crippen LogP contribution in [0.25, 0.3) is 111 Å². The third-order valence-corrected chi connectivity index (χ3v) is 11.0. The zero-order valence-electron chi connectivity index (χ0n) is 32.0. The molecule has 0 saturated carbocycles. The quantitative estimate of drug-likeness (QED) is 0.152. The van der Waals surface area contributed by atoms with Crippen molar-refractivity contribution in [1.82, 2.24) is 15.0 Å².